The zero-order chi connectivity index (χ0) is 16.8. The number of carbonyl (C=O) groups is 1. The van der Waals surface area contributed by atoms with E-state index in [1.54, 1.807) is 0 Å². The number of nitrogens with zero attached hydrogens (tertiary/aromatic N) is 3. The molecule has 23 heavy (non-hydrogen) atoms. The van der Waals surface area contributed by atoms with E-state index in [-0.39, 0.29) is 24.6 Å². The van der Waals surface area contributed by atoms with Gasteiger partial charge < -0.3 is 10.6 Å². The molecule has 0 spiro atoms. The van der Waals surface area contributed by atoms with Crippen LogP contribution in [0.2, 0.25) is 0 Å². The van der Waals surface area contributed by atoms with Gasteiger partial charge in [-0.05, 0) is 18.2 Å². The summed E-state index contributed by atoms with van der Waals surface area (Å²) in [6.45, 7) is 0.405. The Morgan fingerprint density at radius 3 is 2.70 bits per heavy atom. The van der Waals surface area contributed by atoms with E-state index in [4.69, 9.17) is 10.9 Å². The van der Waals surface area contributed by atoms with Crippen molar-refractivity contribution in [1.82, 2.24) is 14.9 Å². The lowest BCUT2D eigenvalue weighted by atomic mass is 10.2. The number of primary sulfonamides is 1. The van der Waals surface area contributed by atoms with E-state index in [0.29, 0.717) is 5.69 Å². The Labute approximate surface area is 131 Å². The van der Waals surface area contributed by atoms with Crippen molar-refractivity contribution in [3.05, 3.63) is 47.0 Å². The number of hydrogen-bond donors (Lipinski definition) is 2. The van der Waals surface area contributed by atoms with Crippen LogP contribution in [-0.4, -0.2) is 29.2 Å². The average Bonchev–Trinajstić information content (AvgIpc) is 2.88. The third-order valence-electron chi connectivity index (χ3n) is 3.46. The molecule has 1 aromatic carbocycles. The minimum absolute atomic E-state index is 0.0988. The van der Waals surface area contributed by atoms with Crippen LogP contribution in [0.5, 0.6) is 0 Å². The second-order valence-corrected chi connectivity index (χ2v) is 6.61. The Morgan fingerprint density at radius 2 is 2.04 bits per heavy atom. The van der Waals surface area contributed by atoms with Crippen LogP contribution in [0.15, 0.2) is 29.3 Å². The van der Waals surface area contributed by atoms with E-state index in [2.05, 4.69) is 9.97 Å². The van der Waals surface area contributed by atoms with Gasteiger partial charge in [-0.1, -0.05) is 0 Å². The first kappa shape index (κ1) is 15.3. The number of hydrogen-bond acceptors (Lipinski definition) is 6. The molecule has 0 radical (unpaired) electrons. The Bertz CT molecular complexity index is 916. The van der Waals surface area contributed by atoms with Crippen molar-refractivity contribution >= 4 is 21.9 Å². The lowest BCUT2D eigenvalue weighted by molar-refractivity contribution is 0.0745. The van der Waals surface area contributed by atoms with Crippen LogP contribution in [0.25, 0.3) is 0 Å². The Balaban J connectivity index is 1.88. The van der Waals surface area contributed by atoms with E-state index in [1.165, 1.54) is 11.1 Å². The van der Waals surface area contributed by atoms with Gasteiger partial charge in [0.2, 0.25) is 16.0 Å². The van der Waals surface area contributed by atoms with Gasteiger partial charge in [-0.2, -0.15) is 0 Å². The van der Waals surface area contributed by atoms with Crippen LogP contribution in [0.1, 0.15) is 21.6 Å². The van der Waals surface area contributed by atoms with Crippen molar-refractivity contribution in [2.75, 3.05) is 5.73 Å². The van der Waals surface area contributed by atoms with Gasteiger partial charge in [-0.15, -0.1) is 0 Å². The zero-order valence-electron chi connectivity index (χ0n) is 11.7. The molecule has 0 aliphatic carbocycles. The summed E-state index contributed by atoms with van der Waals surface area (Å²) in [5, 5.41) is 4.93. The normalized spacial score (nSPS) is 13.9. The molecule has 3 rings (SSSR count). The number of carbonyl (C=O) groups excluding carboxylic acids is 1. The second kappa shape index (κ2) is 5.25. The predicted octanol–water partition coefficient (Wildman–Crippen LogP) is 0.00130. The van der Waals surface area contributed by atoms with E-state index >= 15 is 0 Å². The van der Waals surface area contributed by atoms with Crippen molar-refractivity contribution in [3.63, 3.8) is 0 Å². The molecule has 1 amide bonds. The van der Waals surface area contributed by atoms with Crippen molar-refractivity contribution in [2.24, 2.45) is 5.14 Å². The quantitative estimate of drug-likeness (QED) is 0.793. The van der Waals surface area contributed by atoms with Gasteiger partial charge in [0.15, 0.2) is 0 Å². The summed E-state index contributed by atoms with van der Waals surface area (Å²) in [6, 6.07) is 2.91. The maximum Gasteiger partial charge on any atom is 0.257 e. The number of anilines is 1. The van der Waals surface area contributed by atoms with Gasteiger partial charge in [0.25, 0.3) is 5.91 Å². The van der Waals surface area contributed by atoms with Gasteiger partial charge in [-0.3, -0.25) is 4.79 Å². The fourth-order valence-electron chi connectivity index (χ4n) is 2.33. The Kier molecular flexibility index (Phi) is 3.49. The molecule has 120 valence electrons. The Hall–Kier alpha value is -2.59. The van der Waals surface area contributed by atoms with Gasteiger partial charge in [0.05, 0.1) is 22.7 Å². The van der Waals surface area contributed by atoms with Crippen LogP contribution in [0.4, 0.5) is 10.3 Å². The third kappa shape index (κ3) is 2.85. The topological polar surface area (TPSA) is 132 Å². The van der Waals surface area contributed by atoms with Crippen LogP contribution >= 0.6 is 0 Å². The molecule has 0 fully saturated rings. The molecule has 1 aromatic heterocycles. The largest absolute Gasteiger partial charge is 0.368 e. The zero-order valence-corrected chi connectivity index (χ0v) is 12.5. The summed E-state index contributed by atoms with van der Waals surface area (Å²) in [7, 11) is -4.03. The van der Waals surface area contributed by atoms with E-state index in [1.807, 2.05) is 0 Å². The molecule has 2 heterocycles. The van der Waals surface area contributed by atoms with E-state index in [9.17, 15) is 17.6 Å². The maximum absolute atomic E-state index is 14.1. The molecule has 1 aliphatic heterocycles. The second-order valence-electron chi connectivity index (χ2n) is 5.05. The highest BCUT2D eigenvalue weighted by Crippen LogP contribution is 2.24. The third-order valence-corrected chi connectivity index (χ3v) is 4.37. The summed E-state index contributed by atoms with van der Waals surface area (Å²) in [5.41, 5.74) is 6.58. The van der Waals surface area contributed by atoms with Crippen LogP contribution in [0.3, 0.4) is 0 Å². The number of amides is 1. The van der Waals surface area contributed by atoms with Gasteiger partial charge in [-0.25, -0.2) is 27.9 Å². The average molecular weight is 337 g/mol. The highest BCUT2D eigenvalue weighted by atomic mass is 32.2. The number of rotatable bonds is 2. The Morgan fingerprint density at radius 1 is 1.30 bits per heavy atom. The fourth-order valence-corrected chi connectivity index (χ4v) is 2.85. The molecular weight excluding hydrogens is 325 g/mol. The van der Waals surface area contributed by atoms with Crippen molar-refractivity contribution < 1.29 is 17.6 Å². The van der Waals surface area contributed by atoms with Crippen molar-refractivity contribution in [1.29, 1.82) is 0 Å². The van der Waals surface area contributed by atoms with Gasteiger partial charge >= 0.3 is 0 Å². The molecule has 1 aliphatic rings. The molecule has 0 bridgehead atoms. The van der Waals surface area contributed by atoms with Gasteiger partial charge in [0, 0.05) is 18.3 Å². The summed E-state index contributed by atoms with van der Waals surface area (Å²) in [5.74, 6) is -1.44. The van der Waals surface area contributed by atoms with E-state index < -0.39 is 26.6 Å². The first-order valence-electron chi connectivity index (χ1n) is 6.47. The number of halogens is 1. The first-order valence-corrected chi connectivity index (χ1v) is 8.02. The molecule has 0 saturated carbocycles. The first-order chi connectivity index (χ1) is 10.8. The molecule has 4 N–H and O–H groups in total. The number of nitrogen functional groups attached to an aromatic ring is 1. The lowest BCUT2D eigenvalue weighted by Crippen LogP contribution is -2.26. The summed E-state index contributed by atoms with van der Waals surface area (Å²) in [4.78, 5) is 21.3. The highest BCUT2D eigenvalue weighted by Gasteiger charge is 2.28. The fraction of sp³-hybridized carbons (Fsp3) is 0.154. The molecule has 0 saturated heterocycles. The molecule has 8 nitrogen and oxygen atoms in total. The highest BCUT2D eigenvalue weighted by molar-refractivity contribution is 7.89. The van der Waals surface area contributed by atoms with Gasteiger partial charge in [0.1, 0.15) is 5.82 Å². The summed E-state index contributed by atoms with van der Waals surface area (Å²) in [6.07, 6.45) is 1.52. The maximum atomic E-state index is 14.1. The molecule has 2 aromatic rings. The van der Waals surface area contributed by atoms with Crippen molar-refractivity contribution in [3.8, 4) is 0 Å². The standard InChI is InChI=1S/C13H12FN5O3S/c14-10-3-8(23(16,21)22)1-2-9(10)12(20)19-5-7-4-17-13(15)18-11(7)6-19/h1-4H,5-6H2,(H2,15,17,18)(H2,16,21,22). The summed E-state index contributed by atoms with van der Waals surface area (Å²) < 4.78 is 36.4. The minimum atomic E-state index is -4.03. The SMILES string of the molecule is Nc1ncc2c(n1)CN(C(=O)c1ccc(S(N)(=O)=O)cc1F)C2. The number of nitrogens with two attached hydrogens (primary N) is 2. The van der Waals surface area contributed by atoms with Crippen LogP contribution in [0, 0.1) is 5.82 Å². The number of sulfonamides is 1. The monoisotopic (exact) mass is 337 g/mol. The molecule has 0 atom stereocenters. The summed E-state index contributed by atoms with van der Waals surface area (Å²) >= 11 is 0. The number of aromatic nitrogens is 2. The van der Waals surface area contributed by atoms with Crippen LogP contribution in [-0.2, 0) is 23.1 Å². The predicted molar refractivity (Wildman–Crippen MR) is 77.8 cm³/mol. The molecule has 0 unspecified atom stereocenters. The number of fused-ring (bicyclic) bond motifs is 1. The van der Waals surface area contributed by atoms with Crippen molar-refractivity contribution in [2.45, 2.75) is 18.0 Å². The molecule has 10 heteroatoms. The molecular formula is C13H12FN5O3S. The van der Waals surface area contributed by atoms with E-state index in [0.717, 1.165) is 23.8 Å². The van der Waals surface area contributed by atoms with Crippen LogP contribution < -0.4 is 10.9 Å². The minimum Gasteiger partial charge on any atom is -0.368 e. The lowest BCUT2D eigenvalue weighted by Gasteiger charge is -2.15. The number of benzene rings is 1. The smallest absolute Gasteiger partial charge is 0.257 e.